The van der Waals surface area contributed by atoms with Gasteiger partial charge in [0.15, 0.2) is 11.2 Å². The van der Waals surface area contributed by atoms with Gasteiger partial charge >= 0.3 is 34.8 Å². The molecule has 11 N–H and O–H groups in total. The Morgan fingerprint density at radius 2 is 1.32 bits per heavy atom. The summed E-state index contributed by atoms with van der Waals surface area (Å²) in [6.07, 6.45) is -9.74. The van der Waals surface area contributed by atoms with Crippen LogP contribution in [0.5, 0.6) is 0 Å². The van der Waals surface area contributed by atoms with Gasteiger partial charge in [-0.3, -0.25) is 55.9 Å². The summed E-state index contributed by atoms with van der Waals surface area (Å²) in [6.45, 7) is -1.15. The predicted octanol–water partition coefficient (Wildman–Crippen LogP) is -2.26. The molecule has 7 heterocycles. The Balaban J connectivity index is 1.04. The number of fused-ring (bicyclic) bond motifs is 1. The molecule has 0 radical (unpaired) electrons. The quantitative estimate of drug-likeness (QED) is 0.0535. The first-order chi connectivity index (χ1) is 29.1. The number of aliphatic hydroxyl groups is 1. The summed E-state index contributed by atoms with van der Waals surface area (Å²) in [4.78, 5) is 106. The summed E-state index contributed by atoms with van der Waals surface area (Å²) in [6, 6.07) is 1.25. The van der Waals surface area contributed by atoms with Gasteiger partial charge < -0.3 is 50.4 Å². The predicted molar refractivity (Wildman–Crippen MR) is 202 cm³/mol. The number of nitrogens with zero attached hydrogens (tertiary/aromatic N) is 6. The molecule has 0 spiro atoms. The third kappa shape index (κ3) is 10.4. The van der Waals surface area contributed by atoms with Gasteiger partial charge in [-0.05, 0) is 13.0 Å². The minimum atomic E-state index is -5.27. The number of rotatable bonds is 16. The molecule has 4 aromatic heterocycles. The zero-order chi connectivity index (χ0) is 44.9. The van der Waals surface area contributed by atoms with Crippen molar-refractivity contribution in [3.05, 3.63) is 72.0 Å². The fourth-order valence-electron chi connectivity index (χ4n) is 6.92. The summed E-state index contributed by atoms with van der Waals surface area (Å²) in [5.41, 5.74) is 8.10. The van der Waals surface area contributed by atoms with Crippen molar-refractivity contribution < 1.29 is 75.2 Å². The van der Waals surface area contributed by atoms with Crippen LogP contribution in [-0.2, 0) is 50.5 Å². The van der Waals surface area contributed by atoms with Crippen LogP contribution in [0.1, 0.15) is 43.5 Å². The van der Waals surface area contributed by atoms with E-state index >= 15 is 0 Å². The van der Waals surface area contributed by atoms with Crippen molar-refractivity contribution >= 4 is 46.4 Å². The third-order valence-electron chi connectivity index (χ3n) is 9.71. The number of imidazole rings is 1. The molecule has 30 nitrogen and oxygen atoms in total. The molecule has 3 saturated heterocycles. The minimum absolute atomic E-state index is 0.0172. The van der Waals surface area contributed by atoms with Crippen LogP contribution in [0.25, 0.3) is 11.2 Å². The van der Waals surface area contributed by atoms with Crippen LogP contribution >= 0.6 is 23.5 Å². The van der Waals surface area contributed by atoms with Crippen molar-refractivity contribution in [2.75, 3.05) is 31.3 Å². The molecule has 33 heteroatoms. The number of aromatic nitrogens is 8. The molecule has 7 rings (SSSR count). The van der Waals surface area contributed by atoms with E-state index in [1.165, 1.54) is 30.1 Å². The van der Waals surface area contributed by atoms with E-state index in [2.05, 4.69) is 24.9 Å². The normalized spacial score (nSPS) is 28.6. The van der Waals surface area contributed by atoms with E-state index in [1.54, 1.807) is 0 Å². The Kier molecular flexibility index (Phi) is 13.0. The molecule has 3 aliphatic rings. The number of hydrogen-bond acceptors (Lipinski definition) is 21. The molecule has 0 aromatic carbocycles. The monoisotopic (exact) mass is 940 g/mol. The number of phosphoric ester groups is 3. The van der Waals surface area contributed by atoms with Gasteiger partial charge in [-0.1, -0.05) is 0 Å². The van der Waals surface area contributed by atoms with E-state index in [9.17, 15) is 57.6 Å². The lowest BCUT2D eigenvalue weighted by atomic mass is 10.2. The van der Waals surface area contributed by atoms with E-state index < -0.39 is 134 Å². The first-order valence-electron chi connectivity index (χ1n) is 18.1. The number of nitrogen functional groups attached to an aromatic ring is 2. The highest BCUT2D eigenvalue weighted by molar-refractivity contribution is 7.47. The standard InChI is InChI=1S/C29H39N10O20P3/c1-12-7-38(29(44)36-25(12)41)21-5-14(57-60(45,46)47)17(56-21)9-52-62(50,51)59-15-6-20(37-3-2-19(30)33-28(37)43)55-18(15)10-53-61(48,49)58-13-4-22(54-16(13)8-40)39-11-32-23-24(39)34-27(31)35-26(23)42/h2-3,7,11,13-18,20-22,40H,4-6,8-10H2,1H3,(H,48,49)(H,50,51)(H2,30,33,43)(H,36,41,44)(H2,45,46,47)(H3,31,34,35,42)/t13-,14-,15-,16+,17+,18+,20+,21+,22+/m0/s1. The Morgan fingerprint density at radius 1 is 0.774 bits per heavy atom. The molecule has 0 amide bonds. The number of anilines is 2. The van der Waals surface area contributed by atoms with Crippen molar-refractivity contribution in [2.45, 2.75) is 81.5 Å². The highest BCUT2D eigenvalue weighted by atomic mass is 31.2. The van der Waals surface area contributed by atoms with Crippen molar-refractivity contribution in [2.24, 2.45) is 0 Å². The minimum Gasteiger partial charge on any atom is -0.394 e. The van der Waals surface area contributed by atoms with E-state index in [4.69, 9.17) is 48.3 Å². The summed E-state index contributed by atoms with van der Waals surface area (Å²) in [7, 11) is -15.6. The number of nitrogens with two attached hydrogens (primary N) is 2. The Bertz CT molecular complexity index is 2700. The van der Waals surface area contributed by atoms with Crippen LogP contribution in [0.4, 0.5) is 11.8 Å². The van der Waals surface area contributed by atoms with Gasteiger partial charge in [0.2, 0.25) is 5.95 Å². The number of H-pyrrole nitrogens is 2. The van der Waals surface area contributed by atoms with E-state index in [1.807, 2.05) is 0 Å². The first-order valence-corrected chi connectivity index (χ1v) is 22.6. The molecule has 0 bridgehead atoms. The van der Waals surface area contributed by atoms with Crippen LogP contribution in [0.3, 0.4) is 0 Å². The molecule has 4 aromatic rings. The highest BCUT2D eigenvalue weighted by Gasteiger charge is 2.47. The van der Waals surface area contributed by atoms with Gasteiger partial charge in [0.1, 0.15) is 61.1 Å². The van der Waals surface area contributed by atoms with Gasteiger partial charge in [0.25, 0.3) is 11.1 Å². The third-order valence-corrected chi connectivity index (χ3v) is 12.3. The summed E-state index contributed by atoms with van der Waals surface area (Å²) in [5.74, 6) is -0.367. The Hall–Kier alpha value is -4.32. The lowest BCUT2D eigenvalue weighted by molar-refractivity contribution is -0.0612. The van der Waals surface area contributed by atoms with Crippen LogP contribution in [-0.4, -0.2) is 120 Å². The molecule has 3 aliphatic heterocycles. The first kappa shape index (κ1) is 45.7. The maximum Gasteiger partial charge on any atom is 0.472 e. The summed E-state index contributed by atoms with van der Waals surface area (Å²) < 4.78 is 84.9. The van der Waals surface area contributed by atoms with Gasteiger partial charge in [0.05, 0.1) is 26.1 Å². The van der Waals surface area contributed by atoms with Crippen molar-refractivity contribution in [1.82, 2.24) is 38.6 Å². The van der Waals surface area contributed by atoms with Crippen molar-refractivity contribution in [3.8, 4) is 0 Å². The molecule has 62 heavy (non-hydrogen) atoms. The van der Waals surface area contributed by atoms with E-state index in [-0.39, 0.29) is 34.9 Å². The molecule has 3 fully saturated rings. The van der Waals surface area contributed by atoms with Crippen LogP contribution in [0.2, 0.25) is 0 Å². The second-order valence-electron chi connectivity index (χ2n) is 14.0. The maximum atomic E-state index is 13.4. The van der Waals surface area contributed by atoms with Crippen molar-refractivity contribution in [1.29, 1.82) is 0 Å². The second-order valence-corrected chi connectivity index (χ2v) is 18.0. The van der Waals surface area contributed by atoms with Gasteiger partial charge in [0, 0.05) is 37.2 Å². The van der Waals surface area contributed by atoms with Crippen LogP contribution in [0.15, 0.2) is 44.0 Å². The Morgan fingerprint density at radius 3 is 1.90 bits per heavy atom. The number of hydrogen-bond donors (Lipinski definition) is 9. The lowest BCUT2D eigenvalue weighted by Crippen LogP contribution is -2.33. The number of aryl methyl sites for hydroxylation is 1. The largest absolute Gasteiger partial charge is 0.472 e. The lowest BCUT2D eigenvalue weighted by Gasteiger charge is -2.24. The topological polar surface area (TPSA) is 432 Å². The number of aliphatic hydroxyl groups excluding tert-OH is 1. The van der Waals surface area contributed by atoms with E-state index in [0.29, 0.717) is 0 Å². The molecular weight excluding hydrogens is 901 g/mol. The average Bonchev–Trinajstić information content (AvgIpc) is 3.96. The van der Waals surface area contributed by atoms with E-state index in [0.717, 1.165) is 15.3 Å². The molecule has 0 aliphatic carbocycles. The average molecular weight is 941 g/mol. The summed E-state index contributed by atoms with van der Waals surface area (Å²) >= 11 is 0. The molecule has 2 unspecified atom stereocenters. The molecule has 0 saturated carbocycles. The van der Waals surface area contributed by atoms with Gasteiger partial charge in [-0.2, -0.15) is 9.97 Å². The molecule has 11 atom stereocenters. The zero-order valence-corrected chi connectivity index (χ0v) is 34.5. The Labute approximate surface area is 344 Å². The van der Waals surface area contributed by atoms with Crippen LogP contribution in [0, 0.1) is 6.92 Å². The maximum absolute atomic E-state index is 13.4. The number of phosphoric acid groups is 3. The SMILES string of the molecule is Cc1cn([C@H]2C[C@H](OP(=O)(O)O)[C@@H](COP(=O)(O)O[C@H]3C[C@H](n4ccc(N)nc4=O)O[C@@H]3COP(=O)(O)O[C@H]3C[C@H](n4cnc5c(=O)[nH]c(N)nc54)O[C@@H]3CO)O2)c(=O)[nH]c1=O. The smallest absolute Gasteiger partial charge is 0.394 e. The molecule has 340 valence electrons. The van der Waals surface area contributed by atoms with Gasteiger partial charge in [-0.25, -0.2) is 28.3 Å². The number of aromatic amines is 2. The fraction of sp³-hybridized carbons (Fsp3) is 0.552. The summed E-state index contributed by atoms with van der Waals surface area (Å²) in [5, 5.41) is 10.00. The molecular formula is C29H39N10O20P3. The fourth-order valence-corrected chi connectivity index (χ4v) is 9.42. The zero-order valence-electron chi connectivity index (χ0n) is 31.8. The highest BCUT2D eigenvalue weighted by Crippen LogP contribution is 2.52. The number of nitrogens with one attached hydrogen (secondary N) is 2. The van der Waals surface area contributed by atoms with Gasteiger partial charge in [-0.15, -0.1) is 0 Å². The van der Waals surface area contributed by atoms with Crippen molar-refractivity contribution in [3.63, 3.8) is 0 Å². The second kappa shape index (κ2) is 17.7. The van der Waals surface area contributed by atoms with Crippen LogP contribution < -0.4 is 34.0 Å². The number of ether oxygens (including phenoxy) is 3.